The van der Waals surface area contributed by atoms with Gasteiger partial charge < -0.3 is 19.7 Å². The minimum atomic E-state index is -0.775. The molecular formula is C22H21N7O4. The summed E-state index contributed by atoms with van der Waals surface area (Å²) in [5, 5.41) is 19.2. The zero-order valence-corrected chi connectivity index (χ0v) is 17.9. The van der Waals surface area contributed by atoms with E-state index in [1.54, 1.807) is 25.4 Å². The molecule has 1 saturated heterocycles. The average molecular weight is 447 g/mol. The Morgan fingerprint density at radius 2 is 2.06 bits per heavy atom. The number of nitrogens with one attached hydrogen (secondary N) is 1. The number of hydrogen-bond donors (Lipinski definition) is 2. The van der Waals surface area contributed by atoms with E-state index >= 15 is 0 Å². The van der Waals surface area contributed by atoms with Crippen molar-refractivity contribution in [1.82, 2.24) is 25.1 Å². The van der Waals surface area contributed by atoms with Gasteiger partial charge in [0.25, 0.3) is 0 Å². The largest absolute Gasteiger partial charge is 0.447 e. The number of benzene rings is 1. The Bertz CT molecular complexity index is 1300. The van der Waals surface area contributed by atoms with Gasteiger partial charge in [-0.2, -0.15) is 9.97 Å². The van der Waals surface area contributed by atoms with Gasteiger partial charge in [0.2, 0.25) is 17.7 Å². The van der Waals surface area contributed by atoms with Gasteiger partial charge in [-0.05, 0) is 31.4 Å². The molecule has 3 aromatic heterocycles. The third-order valence-corrected chi connectivity index (χ3v) is 5.43. The molecule has 1 fully saturated rings. The molecule has 4 aromatic rings. The molecular weight excluding hydrogens is 426 g/mol. The first-order valence-corrected chi connectivity index (χ1v) is 10.4. The van der Waals surface area contributed by atoms with Gasteiger partial charge in [0.15, 0.2) is 0 Å². The second kappa shape index (κ2) is 8.43. The fraction of sp³-hybridized carbons (Fsp3) is 0.273. The van der Waals surface area contributed by atoms with Gasteiger partial charge in [0.05, 0.1) is 6.10 Å². The number of amides is 1. The van der Waals surface area contributed by atoms with Crippen LogP contribution < -0.4 is 10.2 Å². The molecule has 1 aromatic carbocycles. The standard InChI is InChI=1S/C22H21N7O4/c1-12(20-27-19(28-33-20)15-5-3-4-14-6-8-23-10-16(14)15)25-21-24-9-7-18(26-21)29-17(13(2)30)11-32-22(29)31/h3-10,12-13,17,30H,11H2,1-2H3,(H,24,25,26)/t12-,13-,17-/m1/s1. The van der Waals surface area contributed by atoms with Crippen LogP contribution in [-0.4, -0.2) is 55.0 Å². The van der Waals surface area contributed by atoms with Crippen LogP contribution in [0.5, 0.6) is 0 Å². The van der Waals surface area contributed by atoms with E-state index in [1.165, 1.54) is 11.1 Å². The van der Waals surface area contributed by atoms with Crippen LogP contribution in [0.15, 0.2) is 53.4 Å². The molecule has 2 N–H and O–H groups in total. The third kappa shape index (κ3) is 3.94. The van der Waals surface area contributed by atoms with Crippen molar-refractivity contribution < 1.29 is 19.2 Å². The van der Waals surface area contributed by atoms with Crippen LogP contribution in [0.1, 0.15) is 25.8 Å². The molecule has 11 nitrogen and oxygen atoms in total. The molecule has 0 spiro atoms. The molecule has 0 radical (unpaired) electrons. The number of rotatable bonds is 6. The smallest absolute Gasteiger partial charge is 0.416 e. The number of anilines is 2. The summed E-state index contributed by atoms with van der Waals surface area (Å²) in [6, 6.07) is 8.41. The van der Waals surface area contributed by atoms with Crippen LogP contribution >= 0.6 is 0 Å². The second-order valence-electron chi connectivity index (χ2n) is 7.72. The predicted molar refractivity (Wildman–Crippen MR) is 118 cm³/mol. The van der Waals surface area contributed by atoms with E-state index < -0.39 is 24.3 Å². The number of pyridine rings is 1. The lowest BCUT2D eigenvalue weighted by Gasteiger charge is -2.22. The van der Waals surface area contributed by atoms with Crippen molar-refractivity contribution in [3.63, 3.8) is 0 Å². The van der Waals surface area contributed by atoms with E-state index in [4.69, 9.17) is 9.26 Å². The maximum atomic E-state index is 12.1. The number of aliphatic hydroxyl groups is 1. The minimum Gasteiger partial charge on any atom is -0.447 e. The topological polar surface area (TPSA) is 139 Å². The predicted octanol–water partition coefficient (Wildman–Crippen LogP) is 2.95. The highest BCUT2D eigenvalue weighted by molar-refractivity contribution is 5.94. The summed E-state index contributed by atoms with van der Waals surface area (Å²) in [7, 11) is 0. The Morgan fingerprint density at radius 3 is 2.91 bits per heavy atom. The van der Waals surface area contributed by atoms with Gasteiger partial charge in [0, 0.05) is 29.5 Å². The van der Waals surface area contributed by atoms with Crippen molar-refractivity contribution in [2.45, 2.75) is 32.0 Å². The molecule has 1 amide bonds. The summed E-state index contributed by atoms with van der Waals surface area (Å²) in [6.45, 7) is 3.52. The maximum Gasteiger partial charge on any atom is 0.416 e. The lowest BCUT2D eigenvalue weighted by molar-refractivity contribution is 0.142. The lowest BCUT2D eigenvalue weighted by Crippen LogP contribution is -2.41. The molecule has 0 saturated carbocycles. The summed E-state index contributed by atoms with van der Waals surface area (Å²) in [5.74, 6) is 1.38. The van der Waals surface area contributed by atoms with Crippen molar-refractivity contribution in [2.75, 3.05) is 16.8 Å². The maximum absolute atomic E-state index is 12.1. The van der Waals surface area contributed by atoms with E-state index in [0.717, 1.165) is 16.3 Å². The molecule has 33 heavy (non-hydrogen) atoms. The van der Waals surface area contributed by atoms with Crippen molar-refractivity contribution in [3.05, 3.63) is 54.8 Å². The molecule has 0 unspecified atom stereocenters. The fourth-order valence-corrected chi connectivity index (χ4v) is 3.69. The van der Waals surface area contributed by atoms with Gasteiger partial charge in [-0.25, -0.2) is 9.78 Å². The zero-order chi connectivity index (χ0) is 22.9. The van der Waals surface area contributed by atoms with Crippen molar-refractivity contribution in [2.24, 2.45) is 0 Å². The van der Waals surface area contributed by atoms with Gasteiger partial charge in [0.1, 0.15) is 24.5 Å². The lowest BCUT2D eigenvalue weighted by atomic mass is 10.1. The van der Waals surface area contributed by atoms with Crippen LogP contribution in [0.4, 0.5) is 16.6 Å². The number of ether oxygens (including phenoxy) is 1. The highest BCUT2D eigenvalue weighted by atomic mass is 16.6. The average Bonchev–Trinajstić information content (AvgIpc) is 3.46. The van der Waals surface area contributed by atoms with Crippen molar-refractivity contribution in [3.8, 4) is 11.4 Å². The summed E-state index contributed by atoms with van der Waals surface area (Å²) in [5.41, 5.74) is 0.817. The normalized spacial score (nSPS) is 17.7. The molecule has 168 valence electrons. The number of nitrogens with zero attached hydrogens (tertiary/aromatic N) is 6. The third-order valence-electron chi connectivity index (χ3n) is 5.43. The SMILES string of the molecule is C[C@@H](Nc1nccc(N2C(=O)OC[C@@H]2[C@@H](C)O)n1)c1nc(-c2cccc3ccncc23)no1. The Labute approximate surface area is 188 Å². The molecule has 1 aliphatic heterocycles. The van der Waals surface area contributed by atoms with Crippen LogP contribution in [0.3, 0.4) is 0 Å². The van der Waals surface area contributed by atoms with Crippen molar-refractivity contribution >= 4 is 28.6 Å². The number of aliphatic hydroxyl groups excluding tert-OH is 1. The van der Waals surface area contributed by atoms with Gasteiger partial charge in [-0.1, -0.05) is 23.4 Å². The monoisotopic (exact) mass is 447 g/mol. The van der Waals surface area contributed by atoms with E-state index in [2.05, 4.69) is 30.4 Å². The Morgan fingerprint density at radius 1 is 1.18 bits per heavy atom. The minimum absolute atomic E-state index is 0.0914. The van der Waals surface area contributed by atoms with E-state index in [0.29, 0.717) is 17.5 Å². The van der Waals surface area contributed by atoms with Crippen LogP contribution in [0.2, 0.25) is 0 Å². The highest BCUT2D eigenvalue weighted by Crippen LogP contribution is 2.28. The van der Waals surface area contributed by atoms with Crippen LogP contribution in [-0.2, 0) is 4.74 Å². The number of cyclic esters (lactones) is 1. The Kier molecular flexibility index (Phi) is 5.31. The first kappa shape index (κ1) is 20.8. The molecule has 1 aliphatic rings. The van der Waals surface area contributed by atoms with Crippen LogP contribution in [0, 0.1) is 0 Å². The quantitative estimate of drug-likeness (QED) is 0.453. The number of fused-ring (bicyclic) bond motifs is 1. The summed E-state index contributed by atoms with van der Waals surface area (Å²) in [6.07, 6.45) is 3.68. The van der Waals surface area contributed by atoms with Gasteiger partial charge >= 0.3 is 6.09 Å². The molecule has 0 aliphatic carbocycles. The van der Waals surface area contributed by atoms with Gasteiger partial charge in [-0.3, -0.25) is 9.88 Å². The Hall–Kier alpha value is -4.12. The summed E-state index contributed by atoms with van der Waals surface area (Å²) in [4.78, 5) is 30.8. The number of carbonyl (C=O) groups excluding carboxylic acids is 1. The molecule has 3 atom stereocenters. The first-order valence-electron chi connectivity index (χ1n) is 10.4. The number of carbonyl (C=O) groups is 1. The van der Waals surface area contributed by atoms with Crippen molar-refractivity contribution in [1.29, 1.82) is 0 Å². The number of aromatic nitrogens is 5. The van der Waals surface area contributed by atoms with E-state index in [1.807, 2.05) is 31.2 Å². The number of hydrogen-bond acceptors (Lipinski definition) is 10. The molecule has 4 heterocycles. The van der Waals surface area contributed by atoms with E-state index in [-0.39, 0.29) is 12.6 Å². The summed E-state index contributed by atoms with van der Waals surface area (Å²) >= 11 is 0. The van der Waals surface area contributed by atoms with E-state index in [9.17, 15) is 9.90 Å². The van der Waals surface area contributed by atoms with Gasteiger partial charge in [-0.15, -0.1) is 0 Å². The first-order chi connectivity index (χ1) is 16.0. The Balaban J connectivity index is 1.37. The summed E-state index contributed by atoms with van der Waals surface area (Å²) < 4.78 is 10.5. The zero-order valence-electron chi connectivity index (χ0n) is 17.9. The molecule has 11 heteroatoms. The van der Waals surface area contributed by atoms with Crippen LogP contribution in [0.25, 0.3) is 22.2 Å². The fourth-order valence-electron chi connectivity index (χ4n) is 3.69. The molecule has 5 rings (SSSR count). The second-order valence-corrected chi connectivity index (χ2v) is 7.72. The molecule has 0 bridgehead atoms. The highest BCUT2D eigenvalue weighted by Gasteiger charge is 2.38.